The Morgan fingerprint density at radius 2 is 1.88 bits per heavy atom. The second-order valence-corrected chi connectivity index (χ2v) is 13.6. The highest BCUT2D eigenvalue weighted by Gasteiger charge is 2.44. The van der Waals surface area contributed by atoms with E-state index in [4.69, 9.17) is 24.7 Å². The topological polar surface area (TPSA) is 150 Å². The summed E-state index contributed by atoms with van der Waals surface area (Å²) in [6.07, 6.45) is -1.24. The number of benzene rings is 2. The van der Waals surface area contributed by atoms with E-state index >= 15 is 0 Å². The van der Waals surface area contributed by atoms with Gasteiger partial charge in [-0.3, -0.25) is 0 Å². The van der Waals surface area contributed by atoms with Gasteiger partial charge >= 0.3 is 6.09 Å². The smallest absolute Gasteiger partial charge is 0.407 e. The van der Waals surface area contributed by atoms with Crippen LogP contribution in [0, 0.1) is 11.3 Å². The number of nitrogens with two attached hydrogens (primary N) is 1. The SMILES string of the molecule is COc1ccc(S(=O)(=O)N(C[C@H](O)[C@H](Cc2ccccc2)NC(=O)O[C@H]2CO[C@H]3OCC[C@H]32)CC(C)(C)CCN)cc1. The lowest BCUT2D eigenvalue weighted by molar-refractivity contribution is -0.0907. The molecule has 2 saturated heterocycles. The maximum atomic E-state index is 13.9. The lowest BCUT2D eigenvalue weighted by Crippen LogP contribution is -2.52. The Balaban J connectivity index is 1.56. The largest absolute Gasteiger partial charge is 0.497 e. The lowest BCUT2D eigenvalue weighted by atomic mass is 9.89. The zero-order valence-electron chi connectivity index (χ0n) is 24.5. The number of aliphatic hydroxyl groups is 1. The fraction of sp³-hybridized carbons (Fsp3) is 0.567. The number of ether oxygens (including phenoxy) is 4. The summed E-state index contributed by atoms with van der Waals surface area (Å²) < 4.78 is 51.0. The lowest BCUT2D eigenvalue weighted by Gasteiger charge is -2.35. The second kappa shape index (κ2) is 14.2. The van der Waals surface area contributed by atoms with Crippen molar-refractivity contribution in [1.29, 1.82) is 0 Å². The van der Waals surface area contributed by atoms with Crippen LogP contribution in [0.3, 0.4) is 0 Å². The van der Waals surface area contributed by atoms with Crippen molar-refractivity contribution in [1.82, 2.24) is 9.62 Å². The number of nitrogens with zero attached hydrogens (tertiary/aromatic N) is 1. The third-order valence-electron chi connectivity index (χ3n) is 7.82. The minimum Gasteiger partial charge on any atom is -0.497 e. The first-order valence-electron chi connectivity index (χ1n) is 14.3. The molecule has 0 bridgehead atoms. The molecule has 2 aromatic rings. The predicted octanol–water partition coefficient (Wildman–Crippen LogP) is 2.52. The highest BCUT2D eigenvalue weighted by molar-refractivity contribution is 7.89. The molecule has 1 amide bonds. The average molecular weight is 606 g/mol. The Morgan fingerprint density at radius 1 is 1.17 bits per heavy atom. The molecule has 4 N–H and O–H groups in total. The number of rotatable bonds is 14. The summed E-state index contributed by atoms with van der Waals surface area (Å²) in [6, 6.07) is 14.6. The monoisotopic (exact) mass is 605 g/mol. The first kappa shape index (κ1) is 32.2. The van der Waals surface area contributed by atoms with Crippen molar-refractivity contribution >= 4 is 16.1 Å². The number of fused-ring (bicyclic) bond motifs is 1. The second-order valence-electron chi connectivity index (χ2n) is 11.7. The van der Waals surface area contributed by atoms with E-state index in [0.717, 1.165) is 12.0 Å². The molecule has 232 valence electrons. The van der Waals surface area contributed by atoms with E-state index in [2.05, 4.69) is 5.32 Å². The number of aliphatic hydroxyl groups excluding tert-OH is 1. The average Bonchev–Trinajstić information content (AvgIpc) is 3.58. The maximum Gasteiger partial charge on any atom is 0.407 e. The normalized spacial score (nSPS) is 22.0. The summed E-state index contributed by atoms with van der Waals surface area (Å²) in [4.78, 5) is 13.1. The van der Waals surface area contributed by atoms with Gasteiger partial charge in [-0.25, -0.2) is 13.2 Å². The van der Waals surface area contributed by atoms with Crippen LogP contribution in [0.5, 0.6) is 5.75 Å². The Morgan fingerprint density at radius 3 is 2.55 bits per heavy atom. The van der Waals surface area contributed by atoms with Gasteiger partial charge < -0.3 is 35.1 Å². The molecule has 11 nitrogen and oxygen atoms in total. The van der Waals surface area contributed by atoms with Gasteiger partial charge in [-0.15, -0.1) is 0 Å². The van der Waals surface area contributed by atoms with E-state index in [1.807, 2.05) is 44.2 Å². The Labute approximate surface area is 248 Å². The Hall–Kier alpha value is -2.74. The van der Waals surface area contributed by atoms with Crippen LogP contribution < -0.4 is 15.8 Å². The first-order valence-corrected chi connectivity index (χ1v) is 15.7. The molecule has 2 aliphatic heterocycles. The molecule has 0 aliphatic carbocycles. The highest BCUT2D eigenvalue weighted by atomic mass is 32.2. The standard InChI is InChI=1S/C30H43N3O8S/c1-30(2,14-15-31)20-33(42(36,37)23-11-9-22(38-3)10-12-23)18-26(34)25(17-21-7-5-4-6-8-21)32-29(35)41-27-19-40-28-24(27)13-16-39-28/h4-12,24-28,34H,13-20,31H2,1-3H3,(H,32,35)/t24-,25-,26-,27-,28+/m0/s1. The van der Waals surface area contributed by atoms with Crippen LogP contribution in [0.1, 0.15) is 32.3 Å². The molecular weight excluding hydrogens is 562 g/mol. The van der Waals surface area contributed by atoms with E-state index in [1.54, 1.807) is 12.1 Å². The van der Waals surface area contributed by atoms with Crippen molar-refractivity contribution in [3.63, 3.8) is 0 Å². The van der Waals surface area contributed by atoms with Crippen LogP contribution >= 0.6 is 0 Å². The third-order valence-corrected chi connectivity index (χ3v) is 9.65. The summed E-state index contributed by atoms with van der Waals surface area (Å²) in [5.41, 5.74) is 6.21. The number of nitrogens with one attached hydrogen (secondary N) is 1. The van der Waals surface area contributed by atoms with Crippen molar-refractivity contribution in [2.24, 2.45) is 17.1 Å². The molecule has 0 spiro atoms. The highest BCUT2D eigenvalue weighted by Crippen LogP contribution is 2.33. The van der Waals surface area contributed by atoms with Gasteiger partial charge in [0.25, 0.3) is 0 Å². The van der Waals surface area contributed by atoms with Crippen molar-refractivity contribution in [2.75, 3.05) is 40.0 Å². The van der Waals surface area contributed by atoms with E-state index in [0.29, 0.717) is 25.3 Å². The zero-order chi connectivity index (χ0) is 30.3. The van der Waals surface area contributed by atoms with Crippen molar-refractivity contribution in [3.05, 3.63) is 60.2 Å². The number of amides is 1. The summed E-state index contributed by atoms with van der Waals surface area (Å²) in [6.45, 7) is 4.89. The molecule has 2 fully saturated rings. The molecular formula is C30H43N3O8S. The van der Waals surface area contributed by atoms with Crippen molar-refractivity contribution < 1.29 is 37.3 Å². The van der Waals surface area contributed by atoms with Crippen LogP contribution in [0.15, 0.2) is 59.5 Å². The van der Waals surface area contributed by atoms with Gasteiger partial charge in [0.2, 0.25) is 10.0 Å². The fourth-order valence-corrected chi connectivity index (χ4v) is 7.10. The van der Waals surface area contributed by atoms with Crippen LogP contribution in [-0.2, 0) is 30.7 Å². The number of hydrogen-bond acceptors (Lipinski definition) is 9. The van der Waals surface area contributed by atoms with Crippen LogP contribution in [0.4, 0.5) is 4.79 Å². The van der Waals surface area contributed by atoms with Gasteiger partial charge in [0.05, 0.1) is 43.3 Å². The van der Waals surface area contributed by atoms with Gasteiger partial charge in [0.1, 0.15) is 11.9 Å². The Bertz CT molecular complexity index is 1260. The molecule has 0 aromatic heterocycles. The van der Waals surface area contributed by atoms with Crippen LogP contribution in [0.25, 0.3) is 0 Å². The van der Waals surface area contributed by atoms with Gasteiger partial charge in [0, 0.05) is 13.1 Å². The molecule has 0 radical (unpaired) electrons. The fourth-order valence-electron chi connectivity index (χ4n) is 5.45. The van der Waals surface area contributed by atoms with Crippen molar-refractivity contribution in [2.45, 2.75) is 62.5 Å². The zero-order valence-corrected chi connectivity index (χ0v) is 25.3. The quantitative estimate of drug-likeness (QED) is 0.295. The molecule has 2 aliphatic rings. The van der Waals surface area contributed by atoms with E-state index in [9.17, 15) is 18.3 Å². The maximum absolute atomic E-state index is 13.9. The number of carbonyl (C=O) groups excluding carboxylic acids is 1. The number of methoxy groups -OCH3 is 1. The molecule has 2 aromatic carbocycles. The van der Waals surface area contributed by atoms with Gasteiger partial charge in [-0.05, 0) is 61.1 Å². The first-order chi connectivity index (χ1) is 20.0. The molecule has 42 heavy (non-hydrogen) atoms. The summed E-state index contributed by atoms with van der Waals surface area (Å²) in [5, 5.41) is 14.4. The summed E-state index contributed by atoms with van der Waals surface area (Å²) in [5.74, 6) is 0.487. The van der Waals surface area contributed by atoms with Gasteiger partial charge in [-0.1, -0.05) is 44.2 Å². The summed E-state index contributed by atoms with van der Waals surface area (Å²) >= 11 is 0. The minimum atomic E-state index is -4.03. The van der Waals surface area contributed by atoms with E-state index in [1.165, 1.54) is 23.5 Å². The van der Waals surface area contributed by atoms with Crippen LogP contribution in [0.2, 0.25) is 0 Å². The van der Waals surface area contributed by atoms with Crippen LogP contribution in [-0.4, -0.2) is 88.4 Å². The number of carbonyl (C=O) groups is 1. The third kappa shape index (κ3) is 8.21. The molecule has 4 rings (SSSR count). The minimum absolute atomic E-state index is 0.0387. The van der Waals surface area contributed by atoms with Gasteiger partial charge in [0.15, 0.2) is 6.29 Å². The van der Waals surface area contributed by atoms with E-state index < -0.39 is 39.8 Å². The Kier molecular flexibility index (Phi) is 10.8. The summed E-state index contributed by atoms with van der Waals surface area (Å²) in [7, 11) is -2.53. The molecule has 12 heteroatoms. The molecule has 5 atom stereocenters. The number of sulfonamides is 1. The molecule has 0 unspecified atom stereocenters. The number of alkyl carbamates (subject to hydrolysis) is 1. The van der Waals surface area contributed by atoms with E-state index in [-0.39, 0.29) is 43.2 Å². The van der Waals surface area contributed by atoms with Crippen molar-refractivity contribution in [3.8, 4) is 5.75 Å². The number of hydrogen-bond donors (Lipinski definition) is 3. The van der Waals surface area contributed by atoms with Gasteiger partial charge in [-0.2, -0.15) is 4.31 Å². The molecule has 2 heterocycles. The predicted molar refractivity (Wildman–Crippen MR) is 156 cm³/mol. The molecule has 0 saturated carbocycles.